The van der Waals surface area contributed by atoms with E-state index in [1.807, 2.05) is 11.9 Å². The number of aromatic carboxylic acids is 1. The minimum absolute atomic E-state index is 0.0971. The molecule has 0 unspecified atom stereocenters. The van der Waals surface area contributed by atoms with Crippen LogP contribution in [0.3, 0.4) is 0 Å². The van der Waals surface area contributed by atoms with Crippen molar-refractivity contribution in [2.24, 2.45) is 0 Å². The SMILES string of the molecule is COc1nc2c(cc1-c1cc(C)ncc1C(=O)O)OCCN2C. The molecule has 0 radical (unpaired) electrons. The fourth-order valence-electron chi connectivity index (χ4n) is 2.55. The molecule has 0 atom stereocenters. The van der Waals surface area contributed by atoms with E-state index in [9.17, 15) is 9.90 Å². The molecule has 2 aromatic heterocycles. The van der Waals surface area contributed by atoms with E-state index < -0.39 is 5.97 Å². The van der Waals surface area contributed by atoms with Gasteiger partial charge in [-0.25, -0.2) is 4.79 Å². The smallest absolute Gasteiger partial charge is 0.337 e. The third-order valence-corrected chi connectivity index (χ3v) is 3.73. The van der Waals surface area contributed by atoms with Gasteiger partial charge in [0.05, 0.1) is 19.2 Å². The normalized spacial score (nSPS) is 13.3. The van der Waals surface area contributed by atoms with Crippen LogP contribution >= 0.6 is 0 Å². The van der Waals surface area contributed by atoms with Crippen LogP contribution in [-0.2, 0) is 0 Å². The molecule has 2 aromatic rings. The Bertz CT molecular complexity index is 776. The molecule has 1 aliphatic rings. The van der Waals surface area contributed by atoms with Gasteiger partial charge in [-0.2, -0.15) is 4.98 Å². The summed E-state index contributed by atoms with van der Waals surface area (Å²) >= 11 is 0. The Morgan fingerprint density at radius 3 is 2.87 bits per heavy atom. The topological polar surface area (TPSA) is 84.8 Å². The Morgan fingerprint density at radius 2 is 2.17 bits per heavy atom. The average molecular weight is 315 g/mol. The van der Waals surface area contributed by atoms with Gasteiger partial charge < -0.3 is 19.5 Å². The lowest BCUT2D eigenvalue weighted by Gasteiger charge is -2.27. The van der Waals surface area contributed by atoms with E-state index >= 15 is 0 Å². The summed E-state index contributed by atoms with van der Waals surface area (Å²) in [5.74, 6) is 0.597. The summed E-state index contributed by atoms with van der Waals surface area (Å²) in [6, 6.07) is 3.49. The van der Waals surface area contributed by atoms with Crippen molar-refractivity contribution in [3.05, 3.63) is 29.6 Å². The second-order valence-electron chi connectivity index (χ2n) is 5.31. The highest BCUT2D eigenvalue weighted by molar-refractivity contribution is 5.97. The van der Waals surface area contributed by atoms with Crippen LogP contribution in [-0.4, -0.2) is 48.4 Å². The van der Waals surface area contributed by atoms with Crippen molar-refractivity contribution < 1.29 is 19.4 Å². The minimum atomic E-state index is -1.05. The molecule has 1 aliphatic heterocycles. The number of hydrogen-bond acceptors (Lipinski definition) is 6. The summed E-state index contributed by atoms with van der Waals surface area (Å²) in [4.78, 5) is 22.0. The molecule has 0 saturated carbocycles. The third-order valence-electron chi connectivity index (χ3n) is 3.73. The third kappa shape index (κ3) is 2.65. The zero-order valence-electron chi connectivity index (χ0n) is 13.2. The van der Waals surface area contributed by atoms with Gasteiger partial charge in [-0.15, -0.1) is 0 Å². The number of rotatable bonds is 3. The van der Waals surface area contributed by atoms with Crippen LogP contribution in [0.15, 0.2) is 18.3 Å². The van der Waals surface area contributed by atoms with Gasteiger partial charge in [-0.1, -0.05) is 0 Å². The number of hydrogen-bond donors (Lipinski definition) is 1. The van der Waals surface area contributed by atoms with Crippen LogP contribution in [0.5, 0.6) is 11.6 Å². The summed E-state index contributed by atoms with van der Waals surface area (Å²) in [7, 11) is 3.43. The monoisotopic (exact) mass is 315 g/mol. The lowest BCUT2D eigenvalue weighted by Crippen LogP contribution is -2.29. The van der Waals surface area contributed by atoms with E-state index in [1.54, 1.807) is 19.1 Å². The number of carbonyl (C=O) groups is 1. The molecule has 0 fully saturated rings. The van der Waals surface area contributed by atoms with E-state index in [4.69, 9.17) is 9.47 Å². The zero-order valence-corrected chi connectivity index (χ0v) is 13.2. The van der Waals surface area contributed by atoms with E-state index in [1.165, 1.54) is 13.3 Å². The Kier molecular flexibility index (Phi) is 3.77. The number of methoxy groups -OCH3 is 1. The molecule has 0 amide bonds. The van der Waals surface area contributed by atoms with Gasteiger partial charge in [0.2, 0.25) is 5.88 Å². The van der Waals surface area contributed by atoms with Gasteiger partial charge in [0.15, 0.2) is 11.6 Å². The van der Waals surface area contributed by atoms with Crippen molar-refractivity contribution >= 4 is 11.8 Å². The first-order chi connectivity index (χ1) is 11.0. The minimum Gasteiger partial charge on any atom is -0.488 e. The van der Waals surface area contributed by atoms with E-state index in [0.29, 0.717) is 40.9 Å². The van der Waals surface area contributed by atoms with Gasteiger partial charge in [-0.05, 0) is 19.1 Å². The number of pyridine rings is 2. The Balaban J connectivity index is 2.24. The number of carboxylic acid groups (broad SMARTS) is 1. The molecule has 0 aromatic carbocycles. The van der Waals surface area contributed by atoms with Crippen molar-refractivity contribution in [3.8, 4) is 22.8 Å². The first-order valence-corrected chi connectivity index (χ1v) is 7.14. The van der Waals surface area contributed by atoms with E-state index in [0.717, 1.165) is 6.54 Å². The highest BCUT2D eigenvalue weighted by Gasteiger charge is 2.23. The van der Waals surface area contributed by atoms with Crippen LogP contribution in [0.25, 0.3) is 11.1 Å². The molecule has 0 aliphatic carbocycles. The Morgan fingerprint density at radius 1 is 1.39 bits per heavy atom. The summed E-state index contributed by atoms with van der Waals surface area (Å²) in [5, 5.41) is 9.42. The zero-order chi connectivity index (χ0) is 16.6. The number of anilines is 1. The van der Waals surface area contributed by atoms with E-state index in [2.05, 4.69) is 9.97 Å². The molecule has 1 N–H and O–H groups in total. The first kappa shape index (κ1) is 15.1. The molecule has 3 heterocycles. The second kappa shape index (κ2) is 5.75. The maximum atomic E-state index is 11.5. The predicted molar refractivity (Wildman–Crippen MR) is 84.5 cm³/mol. The molecule has 7 heteroatoms. The van der Waals surface area contributed by atoms with Crippen molar-refractivity contribution in [2.75, 3.05) is 32.2 Å². The number of ether oxygens (including phenoxy) is 2. The van der Waals surface area contributed by atoms with Crippen molar-refractivity contribution in [2.45, 2.75) is 6.92 Å². The molecule has 23 heavy (non-hydrogen) atoms. The lowest BCUT2D eigenvalue weighted by molar-refractivity contribution is 0.0697. The van der Waals surface area contributed by atoms with Gasteiger partial charge >= 0.3 is 5.97 Å². The first-order valence-electron chi connectivity index (χ1n) is 7.14. The predicted octanol–water partition coefficient (Wildman–Crippen LogP) is 1.99. The molecule has 7 nitrogen and oxygen atoms in total. The maximum absolute atomic E-state index is 11.5. The fraction of sp³-hybridized carbons (Fsp3) is 0.312. The molecular weight excluding hydrogens is 298 g/mol. The largest absolute Gasteiger partial charge is 0.488 e. The Hall–Kier alpha value is -2.83. The number of nitrogens with zero attached hydrogens (tertiary/aromatic N) is 3. The van der Waals surface area contributed by atoms with Gasteiger partial charge in [-0.3, -0.25) is 4.98 Å². The average Bonchev–Trinajstić information content (AvgIpc) is 2.53. The van der Waals surface area contributed by atoms with E-state index in [-0.39, 0.29) is 5.56 Å². The number of fused-ring (bicyclic) bond motifs is 1. The summed E-state index contributed by atoms with van der Waals surface area (Å²) < 4.78 is 11.0. The second-order valence-corrected chi connectivity index (χ2v) is 5.31. The van der Waals surface area contributed by atoms with Gasteiger partial charge in [0.1, 0.15) is 6.61 Å². The van der Waals surface area contributed by atoms with Crippen molar-refractivity contribution in [1.82, 2.24) is 9.97 Å². The highest BCUT2D eigenvalue weighted by atomic mass is 16.5. The van der Waals surface area contributed by atoms with Crippen LogP contribution < -0.4 is 14.4 Å². The summed E-state index contributed by atoms with van der Waals surface area (Å²) in [5.41, 5.74) is 1.89. The summed E-state index contributed by atoms with van der Waals surface area (Å²) in [6.07, 6.45) is 1.35. The number of carboxylic acids is 1. The van der Waals surface area contributed by atoms with Crippen molar-refractivity contribution in [1.29, 1.82) is 0 Å². The fourth-order valence-corrected chi connectivity index (χ4v) is 2.55. The molecule has 120 valence electrons. The van der Waals surface area contributed by atoms with Gasteiger partial charge in [0, 0.05) is 30.1 Å². The molecule has 0 spiro atoms. The molecule has 0 bridgehead atoms. The Labute approximate surface area is 133 Å². The lowest BCUT2D eigenvalue weighted by atomic mass is 10.0. The molecule has 3 rings (SSSR count). The standard InChI is InChI=1S/C16H17N3O4/c1-9-6-10(12(8-17-9)16(20)21)11-7-13-14(18-15(11)22-3)19(2)4-5-23-13/h6-8H,4-5H2,1-3H3,(H,20,21). The van der Waals surface area contributed by atoms with Crippen LogP contribution in [0.1, 0.15) is 16.1 Å². The molecular formula is C16H17N3O4. The molecule has 0 saturated heterocycles. The van der Waals surface area contributed by atoms with Gasteiger partial charge in [0.25, 0.3) is 0 Å². The van der Waals surface area contributed by atoms with Crippen LogP contribution in [0.4, 0.5) is 5.82 Å². The van der Waals surface area contributed by atoms with Crippen LogP contribution in [0.2, 0.25) is 0 Å². The number of aromatic nitrogens is 2. The number of likely N-dealkylation sites (N-methyl/N-ethyl adjacent to an activating group) is 1. The highest BCUT2D eigenvalue weighted by Crippen LogP contribution is 2.39. The summed E-state index contributed by atoms with van der Waals surface area (Å²) in [6.45, 7) is 3.09. The van der Waals surface area contributed by atoms with Crippen LogP contribution in [0, 0.1) is 6.92 Å². The number of aryl methyl sites for hydroxylation is 1. The quantitative estimate of drug-likeness (QED) is 0.927. The van der Waals surface area contributed by atoms with Crippen molar-refractivity contribution in [3.63, 3.8) is 0 Å². The maximum Gasteiger partial charge on any atom is 0.337 e.